The van der Waals surface area contributed by atoms with Crippen molar-refractivity contribution in [3.63, 3.8) is 0 Å². The molecule has 5 nitrogen and oxygen atoms in total. The van der Waals surface area contributed by atoms with Gasteiger partial charge < -0.3 is 9.47 Å². The molecule has 0 aliphatic heterocycles. The Morgan fingerprint density at radius 1 is 1.41 bits per heavy atom. The summed E-state index contributed by atoms with van der Waals surface area (Å²) in [5, 5.41) is 2.06. The lowest BCUT2D eigenvalue weighted by Crippen LogP contribution is -2.24. The first-order valence-corrected chi connectivity index (χ1v) is 8.02. The number of aromatic nitrogens is 2. The predicted octanol–water partition coefficient (Wildman–Crippen LogP) is 3.97. The van der Waals surface area contributed by atoms with Crippen molar-refractivity contribution in [3.8, 4) is 16.3 Å². The first kappa shape index (κ1) is 16.7. The van der Waals surface area contributed by atoms with Gasteiger partial charge in [0.2, 0.25) is 11.2 Å². The Balaban J connectivity index is 2.01. The number of nitrogens with zero attached hydrogens (tertiary/aromatic N) is 2. The van der Waals surface area contributed by atoms with Gasteiger partial charge in [0, 0.05) is 11.1 Å². The molecule has 0 radical (unpaired) electrons. The topological polar surface area (TPSA) is 61.3 Å². The zero-order valence-corrected chi connectivity index (χ0v) is 14.2. The van der Waals surface area contributed by atoms with E-state index in [4.69, 9.17) is 21.1 Å². The van der Waals surface area contributed by atoms with Crippen LogP contribution in [0.15, 0.2) is 23.7 Å². The van der Waals surface area contributed by atoms with Gasteiger partial charge in [-0.15, -0.1) is 11.3 Å². The summed E-state index contributed by atoms with van der Waals surface area (Å²) >= 11 is 7.37. The smallest absolute Gasteiger partial charge is 0.309 e. The first-order chi connectivity index (χ1) is 10.3. The molecule has 2 heterocycles. The maximum Gasteiger partial charge on any atom is 0.309 e. The van der Waals surface area contributed by atoms with Gasteiger partial charge in [-0.1, -0.05) is 6.07 Å². The third-order valence-electron chi connectivity index (χ3n) is 2.48. The quantitative estimate of drug-likeness (QED) is 0.608. The van der Waals surface area contributed by atoms with Crippen LogP contribution in [0.5, 0.6) is 5.88 Å². The molecule has 0 aromatic carbocycles. The molecule has 7 heteroatoms. The van der Waals surface area contributed by atoms with Crippen LogP contribution in [0.1, 0.15) is 27.2 Å². The van der Waals surface area contributed by atoms with E-state index in [0.717, 1.165) is 10.4 Å². The number of hydrogen-bond donors (Lipinski definition) is 0. The average Bonchev–Trinajstić information content (AvgIpc) is 2.90. The third-order valence-corrected chi connectivity index (χ3v) is 3.56. The maximum atomic E-state index is 11.7. The third kappa shape index (κ3) is 4.96. The zero-order chi connectivity index (χ0) is 16.2. The molecule has 118 valence electrons. The fourth-order valence-corrected chi connectivity index (χ4v) is 2.53. The fourth-order valence-electron chi connectivity index (χ4n) is 1.68. The van der Waals surface area contributed by atoms with Gasteiger partial charge in [0.1, 0.15) is 12.2 Å². The van der Waals surface area contributed by atoms with Crippen molar-refractivity contribution in [3.05, 3.63) is 29.0 Å². The van der Waals surface area contributed by atoms with E-state index < -0.39 is 5.60 Å². The number of carbonyl (C=O) groups excluding carboxylic acids is 1. The molecule has 0 saturated carbocycles. The number of thiophene rings is 1. The summed E-state index contributed by atoms with van der Waals surface area (Å²) in [7, 11) is 0. The van der Waals surface area contributed by atoms with Crippen LogP contribution >= 0.6 is 22.9 Å². The van der Waals surface area contributed by atoms with E-state index >= 15 is 0 Å². The van der Waals surface area contributed by atoms with Crippen molar-refractivity contribution in [1.29, 1.82) is 0 Å². The summed E-state index contributed by atoms with van der Waals surface area (Å²) in [6, 6.07) is 3.87. The van der Waals surface area contributed by atoms with Crippen molar-refractivity contribution in [2.75, 3.05) is 6.61 Å². The molecule has 0 atom stereocenters. The number of halogens is 1. The minimum atomic E-state index is -0.503. The molecule has 2 aromatic heterocycles. The highest BCUT2D eigenvalue weighted by atomic mass is 35.5. The summed E-state index contributed by atoms with van der Waals surface area (Å²) in [6.45, 7) is 5.64. The number of carbonyl (C=O) groups is 1. The molecule has 0 aliphatic rings. The lowest BCUT2D eigenvalue weighted by Gasteiger charge is -2.19. The molecule has 0 unspecified atom stereocenters. The normalized spacial score (nSPS) is 11.3. The van der Waals surface area contributed by atoms with Crippen molar-refractivity contribution in [2.45, 2.75) is 32.8 Å². The van der Waals surface area contributed by atoms with Crippen LogP contribution in [0.25, 0.3) is 10.4 Å². The van der Waals surface area contributed by atoms with Crippen LogP contribution in [0.4, 0.5) is 0 Å². The predicted molar refractivity (Wildman–Crippen MR) is 86.3 cm³/mol. The van der Waals surface area contributed by atoms with Crippen LogP contribution in [-0.4, -0.2) is 28.1 Å². The van der Waals surface area contributed by atoms with Gasteiger partial charge in [-0.3, -0.25) is 4.79 Å². The number of esters is 1. The SMILES string of the molecule is CC(C)(C)OC(=O)CCOc1nc(Cl)ncc1-c1cccs1. The fraction of sp³-hybridized carbons (Fsp3) is 0.400. The molecule has 0 spiro atoms. The van der Waals surface area contributed by atoms with E-state index in [2.05, 4.69) is 9.97 Å². The number of ether oxygens (including phenoxy) is 2. The summed E-state index contributed by atoms with van der Waals surface area (Å²) < 4.78 is 10.8. The Kier molecular flexibility index (Phi) is 5.37. The van der Waals surface area contributed by atoms with E-state index in [0.29, 0.717) is 5.88 Å². The second kappa shape index (κ2) is 7.07. The largest absolute Gasteiger partial charge is 0.476 e. The van der Waals surface area contributed by atoms with Crippen molar-refractivity contribution in [2.24, 2.45) is 0 Å². The van der Waals surface area contributed by atoms with E-state index in [1.165, 1.54) is 0 Å². The van der Waals surface area contributed by atoms with Gasteiger partial charge in [-0.2, -0.15) is 4.98 Å². The lowest BCUT2D eigenvalue weighted by molar-refractivity contribution is -0.155. The van der Waals surface area contributed by atoms with Crippen LogP contribution in [-0.2, 0) is 9.53 Å². The van der Waals surface area contributed by atoms with Gasteiger partial charge in [-0.05, 0) is 43.8 Å². The van der Waals surface area contributed by atoms with Crippen LogP contribution in [0.2, 0.25) is 5.28 Å². The second-order valence-electron chi connectivity index (χ2n) is 5.52. The van der Waals surface area contributed by atoms with Crippen LogP contribution in [0.3, 0.4) is 0 Å². The minimum Gasteiger partial charge on any atom is -0.476 e. The van der Waals surface area contributed by atoms with Gasteiger partial charge in [0.05, 0.1) is 12.0 Å². The van der Waals surface area contributed by atoms with Gasteiger partial charge >= 0.3 is 5.97 Å². The average molecular weight is 341 g/mol. The molecule has 2 rings (SSSR count). The van der Waals surface area contributed by atoms with E-state index in [9.17, 15) is 4.79 Å². The highest BCUT2D eigenvalue weighted by Crippen LogP contribution is 2.31. The van der Waals surface area contributed by atoms with Crippen molar-refractivity contribution >= 4 is 28.9 Å². The molecular weight excluding hydrogens is 324 g/mol. The molecule has 2 aromatic rings. The summed E-state index contributed by atoms with van der Waals surface area (Å²) in [6.07, 6.45) is 1.76. The number of rotatable bonds is 5. The summed E-state index contributed by atoms with van der Waals surface area (Å²) in [4.78, 5) is 20.7. The molecule has 0 fully saturated rings. The monoisotopic (exact) mass is 340 g/mol. The highest BCUT2D eigenvalue weighted by Gasteiger charge is 2.17. The van der Waals surface area contributed by atoms with Gasteiger partial charge in [-0.25, -0.2) is 4.98 Å². The highest BCUT2D eigenvalue weighted by molar-refractivity contribution is 7.13. The number of hydrogen-bond acceptors (Lipinski definition) is 6. The molecule has 0 amide bonds. The van der Waals surface area contributed by atoms with Crippen molar-refractivity contribution in [1.82, 2.24) is 9.97 Å². The standard InChI is InChI=1S/C15H17ClN2O3S/c1-15(2,3)21-12(19)6-7-20-13-10(9-17-14(16)18-13)11-5-4-8-22-11/h4-5,8-9H,6-7H2,1-3H3. The molecular formula is C15H17ClN2O3S. The zero-order valence-electron chi connectivity index (χ0n) is 12.6. The summed E-state index contributed by atoms with van der Waals surface area (Å²) in [5.41, 5.74) is 0.251. The maximum absolute atomic E-state index is 11.7. The Bertz CT molecular complexity index is 639. The molecule has 0 bridgehead atoms. The molecule has 0 aliphatic carbocycles. The second-order valence-corrected chi connectivity index (χ2v) is 6.81. The van der Waals surface area contributed by atoms with E-state index in [1.807, 2.05) is 38.3 Å². The van der Waals surface area contributed by atoms with Crippen LogP contribution < -0.4 is 4.74 Å². The Labute approximate surface area is 138 Å². The van der Waals surface area contributed by atoms with Crippen molar-refractivity contribution < 1.29 is 14.3 Å². The molecule has 0 N–H and O–H groups in total. The first-order valence-electron chi connectivity index (χ1n) is 6.76. The summed E-state index contributed by atoms with van der Waals surface area (Å²) in [5.74, 6) is 0.0522. The van der Waals surface area contributed by atoms with Crippen LogP contribution in [0, 0.1) is 0 Å². The minimum absolute atomic E-state index is 0.104. The Morgan fingerprint density at radius 2 is 2.18 bits per heavy atom. The Hall–Kier alpha value is -1.66. The molecule has 22 heavy (non-hydrogen) atoms. The van der Waals surface area contributed by atoms with Gasteiger partial charge in [0.25, 0.3) is 0 Å². The molecule has 0 saturated heterocycles. The lowest BCUT2D eigenvalue weighted by atomic mass is 10.2. The Morgan fingerprint density at radius 3 is 2.82 bits per heavy atom. The van der Waals surface area contributed by atoms with E-state index in [-0.39, 0.29) is 24.3 Å². The van der Waals surface area contributed by atoms with E-state index in [1.54, 1.807) is 17.5 Å². The van der Waals surface area contributed by atoms with Gasteiger partial charge in [0.15, 0.2) is 0 Å².